The third-order valence-electron chi connectivity index (χ3n) is 2.69. The average molecular weight is 280 g/mol. The highest BCUT2D eigenvalue weighted by atomic mass is 32.2. The summed E-state index contributed by atoms with van der Waals surface area (Å²) in [4.78, 5) is 4.55. The SMILES string of the molecule is CC(C)c1ccc(Sc2nc(N)c(F)cc2F)cc1. The van der Waals surface area contributed by atoms with Crippen LogP contribution in [0.15, 0.2) is 40.3 Å². The largest absolute Gasteiger partial charge is 0.381 e. The monoisotopic (exact) mass is 280 g/mol. The molecule has 5 heteroatoms. The molecule has 19 heavy (non-hydrogen) atoms. The lowest BCUT2D eigenvalue weighted by Crippen LogP contribution is -1.98. The van der Waals surface area contributed by atoms with Gasteiger partial charge in [-0.1, -0.05) is 37.7 Å². The first-order valence-corrected chi connectivity index (χ1v) is 6.68. The van der Waals surface area contributed by atoms with Gasteiger partial charge in [0.15, 0.2) is 17.5 Å². The second kappa shape index (κ2) is 5.57. The number of anilines is 1. The third-order valence-corrected chi connectivity index (χ3v) is 3.67. The molecule has 2 rings (SSSR count). The molecule has 0 aliphatic rings. The van der Waals surface area contributed by atoms with Crippen LogP contribution in [0, 0.1) is 11.6 Å². The Morgan fingerprint density at radius 1 is 1.11 bits per heavy atom. The number of rotatable bonds is 3. The number of aromatic nitrogens is 1. The van der Waals surface area contributed by atoms with Crippen LogP contribution in [0.4, 0.5) is 14.6 Å². The first-order valence-electron chi connectivity index (χ1n) is 5.86. The van der Waals surface area contributed by atoms with Crippen LogP contribution in [0.2, 0.25) is 0 Å². The molecule has 0 saturated carbocycles. The van der Waals surface area contributed by atoms with Crippen LogP contribution < -0.4 is 5.73 Å². The van der Waals surface area contributed by atoms with Gasteiger partial charge in [0.25, 0.3) is 0 Å². The fourth-order valence-corrected chi connectivity index (χ4v) is 2.36. The summed E-state index contributed by atoms with van der Waals surface area (Å²) < 4.78 is 26.5. The van der Waals surface area contributed by atoms with Gasteiger partial charge >= 0.3 is 0 Å². The average Bonchev–Trinajstić information content (AvgIpc) is 2.36. The third kappa shape index (κ3) is 3.23. The Bertz CT molecular complexity index is 583. The van der Waals surface area contributed by atoms with E-state index in [1.54, 1.807) is 0 Å². The highest BCUT2D eigenvalue weighted by Crippen LogP contribution is 2.30. The molecular weight excluding hydrogens is 266 g/mol. The van der Waals surface area contributed by atoms with Crippen molar-refractivity contribution in [1.29, 1.82) is 0 Å². The van der Waals surface area contributed by atoms with Gasteiger partial charge in [-0.25, -0.2) is 13.8 Å². The van der Waals surface area contributed by atoms with Gasteiger partial charge < -0.3 is 5.73 Å². The zero-order valence-corrected chi connectivity index (χ0v) is 11.5. The molecule has 2 aromatic rings. The molecule has 0 atom stereocenters. The lowest BCUT2D eigenvalue weighted by Gasteiger charge is -2.07. The van der Waals surface area contributed by atoms with Gasteiger partial charge in [0.1, 0.15) is 5.03 Å². The zero-order chi connectivity index (χ0) is 14.0. The predicted molar refractivity (Wildman–Crippen MR) is 73.2 cm³/mol. The summed E-state index contributed by atoms with van der Waals surface area (Å²) in [5, 5.41) is 0.0798. The van der Waals surface area contributed by atoms with Crippen LogP contribution in [0.5, 0.6) is 0 Å². The molecule has 0 amide bonds. The van der Waals surface area contributed by atoms with E-state index in [-0.39, 0.29) is 10.8 Å². The maximum Gasteiger partial charge on any atom is 0.168 e. The Hall–Kier alpha value is -1.62. The minimum Gasteiger partial charge on any atom is -0.381 e. The van der Waals surface area contributed by atoms with Gasteiger partial charge in [-0.2, -0.15) is 0 Å². The molecule has 0 aliphatic carbocycles. The number of benzene rings is 1. The van der Waals surface area contributed by atoms with Gasteiger partial charge in [0.05, 0.1) is 0 Å². The predicted octanol–water partition coefficient (Wildman–Crippen LogP) is 4.22. The molecule has 0 radical (unpaired) electrons. The van der Waals surface area contributed by atoms with Crippen LogP contribution in [-0.2, 0) is 0 Å². The van der Waals surface area contributed by atoms with E-state index >= 15 is 0 Å². The first kappa shape index (κ1) is 13.8. The van der Waals surface area contributed by atoms with Gasteiger partial charge in [-0.3, -0.25) is 0 Å². The highest BCUT2D eigenvalue weighted by molar-refractivity contribution is 7.99. The summed E-state index contributed by atoms with van der Waals surface area (Å²) in [6.45, 7) is 4.20. The molecule has 0 fully saturated rings. The quantitative estimate of drug-likeness (QED) is 0.915. The molecule has 0 spiro atoms. The number of hydrogen-bond donors (Lipinski definition) is 1. The Kier molecular flexibility index (Phi) is 4.04. The fourth-order valence-electron chi connectivity index (χ4n) is 1.57. The maximum atomic E-state index is 13.5. The smallest absolute Gasteiger partial charge is 0.168 e. The first-order chi connectivity index (χ1) is 8.97. The molecule has 1 aromatic heterocycles. The van der Waals surface area contributed by atoms with E-state index in [9.17, 15) is 8.78 Å². The molecule has 0 saturated heterocycles. The van der Waals surface area contributed by atoms with Crippen molar-refractivity contribution in [3.63, 3.8) is 0 Å². The van der Waals surface area contributed by atoms with Gasteiger partial charge in [0.2, 0.25) is 0 Å². The molecular formula is C14H14F2N2S. The van der Waals surface area contributed by atoms with E-state index in [4.69, 9.17) is 5.73 Å². The molecule has 0 bridgehead atoms. The van der Waals surface area contributed by atoms with Crippen molar-refractivity contribution < 1.29 is 8.78 Å². The van der Waals surface area contributed by atoms with Crippen molar-refractivity contribution in [3.05, 3.63) is 47.5 Å². The summed E-state index contributed by atoms with van der Waals surface area (Å²) in [6, 6.07) is 8.50. The molecule has 1 aromatic carbocycles. The lowest BCUT2D eigenvalue weighted by atomic mass is 10.0. The summed E-state index contributed by atoms with van der Waals surface area (Å²) in [5.74, 6) is -1.39. The summed E-state index contributed by atoms with van der Waals surface area (Å²) in [6.07, 6.45) is 0. The maximum absolute atomic E-state index is 13.5. The summed E-state index contributed by atoms with van der Waals surface area (Å²) >= 11 is 1.12. The molecule has 0 aliphatic heterocycles. The van der Waals surface area contributed by atoms with Crippen molar-refractivity contribution in [2.24, 2.45) is 0 Å². The van der Waals surface area contributed by atoms with Crippen molar-refractivity contribution in [2.75, 3.05) is 5.73 Å². The van der Waals surface area contributed by atoms with Crippen molar-refractivity contribution in [2.45, 2.75) is 29.7 Å². The standard InChI is InChI=1S/C14H14F2N2S/c1-8(2)9-3-5-10(6-4-9)19-14-12(16)7-11(15)13(17)18-14/h3-8H,1-2H3,(H2,17,18). The topological polar surface area (TPSA) is 38.9 Å². The normalized spacial score (nSPS) is 11.0. The van der Waals surface area contributed by atoms with Gasteiger partial charge in [-0.05, 0) is 23.6 Å². The molecule has 100 valence electrons. The van der Waals surface area contributed by atoms with E-state index in [0.717, 1.165) is 22.7 Å². The summed E-state index contributed by atoms with van der Waals surface area (Å²) in [7, 11) is 0. The van der Waals surface area contributed by atoms with Crippen LogP contribution >= 0.6 is 11.8 Å². The highest BCUT2D eigenvalue weighted by Gasteiger charge is 2.11. The second-order valence-corrected chi connectivity index (χ2v) is 5.53. The van der Waals surface area contributed by atoms with E-state index < -0.39 is 11.6 Å². The van der Waals surface area contributed by atoms with E-state index in [0.29, 0.717) is 5.92 Å². The molecule has 2 nitrogen and oxygen atoms in total. The lowest BCUT2D eigenvalue weighted by molar-refractivity contribution is 0.552. The Balaban J connectivity index is 2.24. The number of hydrogen-bond acceptors (Lipinski definition) is 3. The number of pyridine rings is 1. The Morgan fingerprint density at radius 3 is 2.32 bits per heavy atom. The van der Waals surface area contributed by atoms with Crippen molar-refractivity contribution in [1.82, 2.24) is 4.98 Å². The van der Waals surface area contributed by atoms with Crippen molar-refractivity contribution >= 4 is 17.6 Å². The number of nitrogens with two attached hydrogens (primary N) is 1. The number of nitrogens with zero attached hydrogens (tertiary/aromatic N) is 1. The van der Waals surface area contributed by atoms with Crippen LogP contribution in [0.1, 0.15) is 25.3 Å². The van der Waals surface area contributed by atoms with E-state index in [1.165, 1.54) is 5.56 Å². The van der Waals surface area contributed by atoms with E-state index in [2.05, 4.69) is 18.8 Å². The second-order valence-electron chi connectivity index (χ2n) is 4.47. The van der Waals surface area contributed by atoms with Gasteiger partial charge in [-0.15, -0.1) is 0 Å². The van der Waals surface area contributed by atoms with Crippen LogP contribution in [0.25, 0.3) is 0 Å². The number of nitrogen functional groups attached to an aromatic ring is 1. The Morgan fingerprint density at radius 2 is 1.74 bits per heavy atom. The summed E-state index contributed by atoms with van der Waals surface area (Å²) in [5.41, 5.74) is 6.55. The number of halogens is 2. The molecule has 2 N–H and O–H groups in total. The zero-order valence-electron chi connectivity index (χ0n) is 10.7. The minimum absolute atomic E-state index is 0.0798. The van der Waals surface area contributed by atoms with Crippen molar-refractivity contribution in [3.8, 4) is 0 Å². The Labute approximate surface area is 115 Å². The van der Waals surface area contributed by atoms with Gasteiger partial charge in [0, 0.05) is 11.0 Å². The van der Waals surface area contributed by atoms with Crippen LogP contribution in [-0.4, -0.2) is 4.98 Å². The molecule has 1 heterocycles. The minimum atomic E-state index is -0.836. The van der Waals surface area contributed by atoms with Crippen LogP contribution in [0.3, 0.4) is 0 Å². The fraction of sp³-hybridized carbons (Fsp3) is 0.214. The van der Waals surface area contributed by atoms with E-state index in [1.807, 2.05) is 24.3 Å². The molecule has 0 unspecified atom stereocenters.